The Hall–Kier alpha value is -1.84. The van der Waals surface area contributed by atoms with Gasteiger partial charge in [-0.15, -0.1) is 0 Å². The maximum absolute atomic E-state index is 11.9. The van der Waals surface area contributed by atoms with Crippen molar-refractivity contribution in [2.24, 2.45) is 0 Å². The number of nitrogens with zero attached hydrogens (tertiary/aromatic N) is 1. The number of rotatable bonds is 4. The molecule has 1 N–H and O–H groups in total. The molecule has 1 heterocycles. The molecule has 0 radical (unpaired) electrons. The van der Waals surface area contributed by atoms with Crippen LogP contribution in [0.15, 0.2) is 24.3 Å². The number of aryl methyl sites for hydroxylation is 1. The monoisotopic (exact) mass is 275 g/mol. The lowest BCUT2D eigenvalue weighted by molar-refractivity contribution is -0.141. The van der Waals surface area contributed by atoms with Gasteiger partial charge in [0, 0.05) is 19.5 Å². The van der Waals surface area contributed by atoms with Gasteiger partial charge >= 0.3 is 5.97 Å². The zero-order valence-corrected chi connectivity index (χ0v) is 11.8. The van der Waals surface area contributed by atoms with E-state index in [1.165, 1.54) is 11.1 Å². The number of hydrogen-bond acceptors (Lipinski definition) is 2. The first-order valence-corrected chi connectivity index (χ1v) is 7.13. The van der Waals surface area contributed by atoms with Crippen LogP contribution in [0.3, 0.4) is 0 Å². The number of likely N-dealkylation sites (tertiary alicyclic amines) is 1. The van der Waals surface area contributed by atoms with Gasteiger partial charge in [-0.2, -0.15) is 0 Å². The molecule has 1 aliphatic heterocycles. The minimum Gasteiger partial charge on any atom is -0.481 e. The van der Waals surface area contributed by atoms with Gasteiger partial charge < -0.3 is 10.0 Å². The van der Waals surface area contributed by atoms with Crippen molar-refractivity contribution >= 4 is 11.9 Å². The molecule has 0 spiro atoms. The lowest BCUT2D eigenvalue weighted by atomic mass is 9.87. The van der Waals surface area contributed by atoms with Crippen LogP contribution in [0.5, 0.6) is 0 Å². The molecule has 20 heavy (non-hydrogen) atoms. The van der Waals surface area contributed by atoms with E-state index in [4.69, 9.17) is 5.11 Å². The predicted octanol–water partition coefficient (Wildman–Crippen LogP) is 2.57. The van der Waals surface area contributed by atoms with Gasteiger partial charge in [0.25, 0.3) is 0 Å². The van der Waals surface area contributed by atoms with Gasteiger partial charge in [0.2, 0.25) is 5.91 Å². The van der Waals surface area contributed by atoms with E-state index in [9.17, 15) is 9.59 Å². The largest absolute Gasteiger partial charge is 0.481 e. The van der Waals surface area contributed by atoms with Crippen molar-refractivity contribution in [2.45, 2.75) is 38.5 Å². The Bertz CT molecular complexity index is 490. The molecular formula is C16H21NO3. The van der Waals surface area contributed by atoms with Crippen LogP contribution in [0.25, 0.3) is 0 Å². The molecule has 1 amide bonds. The Labute approximate surface area is 119 Å². The van der Waals surface area contributed by atoms with Gasteiger partial charge in [-0.3, -0.25) is 9.59 Å². The van der Waals surface area contributed by atoms with E-state index in [0.29, 0.717) is 5.92 Å². The van der Waals surface area contributed by atoms with Crippen molar-refractivity contribution in [3.05, 3.63) is 35.4 Å². The summed E-state index contributed by atoms with van der Waals surface area (Å²) in [6.07, 6.45) is 1.97. The maximum atomic E-state index is 11.9. The standard InChI is InChI=1S/C16H21NO3/c1-12-4-2-3-5-14(12)13-8-10-17(11-9-13)15(18)6-7-16(19)20/h2-5,13H,6-11H2,1H3,(H,19,20). The number of amides is 1. The first-order chi connectivity index (χ1) is 9.58. The number of benzene rings is 1. The summed E-state index contributed by atoms with van der Waals surface area (Å²) < 4.78 is 0. The number of carboxylic acids is 1. The molecule has 1 aromatic rings. The van der Waals surface area contributed by atoms with Crippen LogP contribution < -0.4 is 0 Å². The molecule has 1 saturated heterocycles. The van der Waals surface area contributed by atoms with Crippen LogP contribution in [-0.4, -0.2) is 35.0 Å². The van der Waals surface area contributed by atoms with E-state index in [-0.39, 0.29) is 18.7 Å². The Kier molecular flexibility index (Phi) is 4.77. The second-order valence-electron chi connectivity index (χ2n) is 5.41. The van der Waals surface area contributed by atoms with Crippen LogP contribution >= 0.6 is 0 Å². The first-order valence-electron chi connectivity index (χ1n) is 7.13. The highest BCUT2D eigenvalue weighted by Gasteiger charge is 2.24. The molecule has 108 valence electrons. The summed E-state index contributed by atoms with van der Waals surface area (Å²) in [4.78, 5) is 24.2. The maximum Gasteiger partial charge on any atom is 0.303 e. The minimum atomic E-state index is -0.909. The van der Waals surface area contributed by atoms with Crippen molar-refractivity contribution in [3.8, 4) is 0 Å². The molecule has 0 saturated carbocycles. The highest BCUT2D eigenvalue weighted by Crippen LogP contribution is 2.30. The molecule has 1 aromatic carbocycles. The summed E-state index contributed by atoms with van der Waals surface area (Å²) in [5.74, 6) is -0.427. The summed E-state index contributed by atoms with van der Waals surface area (Å²) in [5, 5.41) is 8.61. The van der Waals surface area contributed by atoms with Crippen LogP contribution in [0.4, 0.5) is 0 Å². The van der Waals surface area contributed by atoms with E-state index in [1.54, 1.807) is 4.90 Å². The van der Waals surface area contributed by atoms with Crippen molar-refractivity contribution < 1.29 is 14.7 Å². The van der Waals surface area contributed by atoms with Gasteiger partial charge in [0.05, 0.1) is 6.42 Å². The highest BCUT2D eigenvalue weighted by molar-refractivity contribution is 5.80. The van der Waals surface area contributed by atoms with E-state index < -0.39 is 5.97 Å². The topological polar surface area (TPSA) is 57.6 Å². The highest BCUT2D eigenvalue weighted by atomic mass is 16.4. The third-order valence-electron chi connectivity index (χ3n) is 4.03. The third kappa shape index (κ3) is 3.59. The zero-order chi connectivity index (χ0) is 14.5. The Balaban J connectivity index is 1.88. The molecule has 1 aliphatic rings. The smallest absolute Gasteiger partial charge is 0.303 e. The SMILES string of the molecule is Cc1ccccc1C1CCN(C(=O)CCC(=O)O)CC1. The molecule has 4 nitrogen and oxygen atoms in total. The fourth-order valence-corrected chi connectivity index (χ4v) is 2.86. The van der Waals surface area contributed by atoms with Gasteiger partial charge in [-0.1, -0.05) is 24.3 Å². The summed E-state index contributed by atoms with van der Waals surface area (Å²) in [5.41, 5.74) is 2.69. The molecule has 4 heteroatoms. The van der Waals surface area contributed by atoms with Crippen molar-refractivity contribution in [2.75, 3.05) is 13.1 Å². The van der Waals surface area contributed by atoms with Crippen LogP contribution in [0.1, 0.15) is 42.7 Å². The van der Waals surface area contributed by atoms with Crippen molar-refractivity contribution in [3.63, 3.8) is 0 Å². The number of carboxylic acid groups (broad SMARTS) is 1. The van der Waals surface area contributed by atoms with Crippen LogP contribution in [-0.2, 0) is 9.59 Å². The van der Waals surface area contributed by atoms with Crippen LogP contribution in [0, 0.1) is 6.92 Å². The normalized spacial score (nSPS) is 16.1. The van der Waals surface area contributed by atoms with Gasteiger partial charge in [-0.05, 0) is 36.8 Å². The quantitative estimate of drug-likeness (QED) is 0.918. The molecule has 1 fully saturated rings. The number of piperidine rings is 1. The van der Waals surface area contributed by atoms with Gasteiger partial charge in [-0.25, -0.2) is 0 Å². The number of hydrogen-bond donors (Lipinski definition) is 1. The Morgan fingerprint density at radius 3 is 2.45 bits per heavy atom. The Morgan fingerprint density at radius 2 is 1.85 bits per heavy atom. The summed E-state index contributed by atoms with van der Waals surface area (Å²) in [6, 6.07) is 8.40. The Morgan fingerprint density at radius 1 is 1.20 bits per heavy atom. The second-order valence-corrected chi connectivity index (χ2v) is 5.41. The molecule has 2 rings (SSSR count). The first kappa shape index (κ1) is 14.6. The van der Waals surface area contributed by atoms with E-state index in [2.05, 4.69) is 25.1 Å². The molecule has 0 bridgehead atoms. The average Bonchev–Trinajstić information content (AvgIpc) is 2.45. The van der Waals surface area contributed by atoms with E-state index in [0.717, 1.165) is 25.9 Å². The van der Waals surface area contributed by atoms with Gasteiger partial charge in [0.1, 0.15) is 0 Å². The summed E-state index contributed by atoms with van der Waals surface area (Å²) in [6.45, 7) is 3.59. The summed E-state index contributed by atoms with van der Waals surface area (Å²) >= 11 is 0. The molecular weight excluding hydrogens is 254 g/mol. The zero-order valence-electron chi connectivity index (χ0n) is 11.8. The fraction of sp³-hybridized carbons (Fsp3) is 0.500. The van der Waals surface area contributed by atoms with Gasteiger partial charge in [0.15, 0.2) is 0 Å². The third-order valence-corrected chi connectivity index (χ3v) is 4.03. The molecule has 0 aromatic heterocycles. The minimum absolute atomic E-state index is 0.0318. The van der Waals surface area contributed by atoms with E-state index >= 15 is 0 Å². The van der Waals surface area contributed by atoms with E-state index in [1.807, 2.05) is 6.07 Å². The lowest BCUT2D eigenvalue weighted by Gasteiger charge is -2.32. The second kappa shape index (κ2) is 6.55. The fourth-order valence-electron chi connectivity index (χ4n) is 2.86. The lowest BCUT2D eigenvalue weighted by Crippen LogP contribution is -2.38. The molecule has 0 atom stereocenters. The van der Waals surface area contributed by atoms with Crippen LogP contribution in [0.2, 0.25) is 0 Å². The summed E-state index contributed by atoms with van der Waals surface area (Å²) in [7, 11) is 0. The average molecular weight is 275 g/mol. The van der Waals surface area contributed by atoms with Crippen molar-refractivity contribution in [1.29, 1.82) is 0 Å². The number of carbonyl (C=O) groups is 2. The molecule has 0 unspecified atom stereocenters. The number of aliphatic carboxylic acids is 1. The number of carbonyl (C=O) groups excluding carboxylic acids is 1. The molecule has 0 aliphatic carbocycles. The predicted molar refractivity (Wildman–Crippen MR) is 76.6 cm³/mol. The van der Waals surface area contributed by atoms with Crippen molar-refractivity contribution in [1.82, 2.24) is 4.90 Å².